The molecule has 2 amide bonds. The summed E-state index contributed by atoms with van der Waals surface area (Å²) >= 11 is 0. The van der Waals surface area contributed by atoms with Gasteiger partial charge in [0.15, 0.2) is 0 Å². The van der Waals surface area contributed by atoms with Crippen LogP contribution in [0, 0.1) is 0 Å². The number of hydrogen-bond acceptors (Lipinski definition) is 5. The first-order chi connectivity index (χ1) is 19.5. The zero-order valence-corrected chi connectivity index (χ0v) is 26.2. The lowest BCUT2D eigenvalue weighted by molar-refractivity contribution is -0.144. The first-order valence-corrected chi connectivity index (χ1v) is 16.9. The van der Waals surface area contributed by atoms with E-state index in [0.29, 0.717) is 25.9 Å². The second kappa shape index (κ2) is 30.3. The van der Waals surface area contributed by atoms with E-state index in [1.165, 1.54) is 70.6 Å². The van der Waals surface area contributed by atoms with Crippen LogP contribution in [0.2, 0.25) is 0 Å². The van der Waals surface area contributed by atoms with Crippen molar-refractivity contribution in [2.45, 2.75) is 174 Å². The van der Waals surface area contributed by atoms with Gasteiger partial charge in [-0.15, -0.1) is 0 Å². The summed E-state index contributed by atoms with van der Waals surface area (Å²) in [5.41, 5.74) is 0. The molecular weight excluding hydrogens is 504 g/mol. The van der Waals surface area contributed by atoms with E-state index < -0.39 is 6.10 Å². The molecule has 0 saturated heterocycles. The number of aliphatic hydroxyl groups is 1. The number of nitrogens with one attached hydrogen (secondary N) is 2. The molecule has 0 bridgehead atoms. The maximum Gasteiger partial charge on any atom is 0.305 e. The van der Waals surface area contributed by atoms with Gasteiger partial charge in [-0.25, -0.2) is 0 Å². The highest BCUT2D eigenvalue weighted by Crippen LogP contribution is 2.13. The van der Waals surface area contributed by atoms with Crippen LogP contribution in [0.4, 0.5) is 0 Å². The third-order valence-corrected chi connectivity index (χ3v) is 7.34. The molecule has 3 N–H and O–H groups in total. The average Bonchev–Trinajstić information content (AvgIpc) is 2.94. The fraction of sp³-hybridized carbons (Fsp3) is 0.909. The van der Waals surface area contributed by atoms with E-state index >= 15 is 0 Å². The van der Waals surface area contributed by atoms with Gasteiger partial charge in [0.25, 0.3) is 0 Å². The third-order valence-electron chi connectivity index (χ3n) is 7.34. The summed E-state index contributed by atoms with van der Waals surface area (Å²) in [5.74, 6) is -0.177. The average molecular weight is 569 g/mol. The minimum atomic E-state index is -0.761. The lowest BCUT2D eigenvalue weighted by atomic mass is 10.0. The van der Waals surface area contributed by atoms with E-state index in [4.69, 9.17) is 4.74 Å². The number of rotatable bonds is 30. The fourth-order valence-electron chi connectivity index (χ4n) is 4.76. The molecule has 236 valence electrons. The molecule has 0 aromatic rings. The number of carbonyl (C=O) groups is 3. The van der Waals surface area contributed by atoms with Crippen molar-refractivity contribution in [2.75, 3.05) is 19.7 Å². The van der Waals surface area contributed by atoms with Gasteiger partial charge in [-0.1, -0.05) is 123 Å². The maximum atomic E-state index is 11.9. The quantitative estimate of drug-likeness (QED) is 0.0614. The van der Waals surface area contributed by atoms with Crippen molar-refractivity contribution in [1.82, 2.24) is 10.6 Å². The Bertz CT molecular complexity index is 599. The highest BCUT2D eigenvalue weighted by atomic mass is 16.5. The van der Waals surface area contributed by atoms with Gasteiger partial charge >= 0.3 is 5.97 Å². The zero-order valence-electron chi connectivity index (χ0n) is 26.2. The van der Waals surface area contributed by atoms with Crippen LogP contribution in [-0.2, 0) is 19.1 Å². The number of unbranched alkanes of at least 4 members (excludes halogenated alkanes) is 18. The van der Waals surface area contributed by atoms with Crippen LogP contribution in [0.1, 0.15) is 168 Å². The van der Waals surface area contributed by atoms with Crippen LogP contribution >= 0.6 is 0 Å². The van der Waals surface area contributed by atoms with Crippen molar-refractivity contribution in [2.24, 2.45) is 0 Å². The summed E-state index contributed by atoms with van der Waals surface area (Å²) in [6.07, 6.45) is 25.7. The summed E-state index contributed by atoms with van der Waals surface area (Å²) in [4.78, 5) is 35.2. The Kier molecular flexibility index (Phi) is 29.1. The summed E-state index contributed by atoms with van der Waals surface area (Å²) in [5, 5.41) is 15.2. The molecular formula is C33H64N2O5. The van der Waals surface area contributed by atoms with Crippen LogP contribution in [0.25, 0.3) is 0 Å². The minimum Gasteiger partial charge on any atom is -0.466 e. The molecule has 0 aromatic heterocycles. The first kappa shape index (κ1) is 38.4. The molecule has 0 spiro atoms. The molecule has 1 atom stereocenters. The molecule has 0 aromatic carbocycles. The Morgan fingerprint density at radius 3 is 1.40 bits per heavy atom. The van der Waals surface area contributed by atoms with Gasteiger partial charge in [-0.05, 0) is 25.7 Å². The summed E-state index contributed by atoms with van der Waals surface area (Å²) < 4.78 is 5.38. The lowest BCUT2D eigenvalue weighted by Crippen LogP contribution is -2.39. The zero-order chi connectivity index (χ0) is 29.5. The second-order valence-corrected chi connectivity index (χ2v) is 11.4. The van der Waals surface area contributed by atoms with Crippen LogP contribution in [-0.4, -0.2) is 48.7 Å². The maximum absolute atomic E-state index is 11.9. The molecule has 0 saturated carbocycles. The third kappa shape index (κ3) is 29.4. The number of ether oxygens (including phenoxy) is 1. The van der Waals surface area contributed by atoms with Gasteiger partial charge in [0.2, 0.25) is 11.8 Å². The topological polar surface area (TPSA) is 105 Å². The Balaban J connectivity index is 3.34. The molecule has 40 heavy (non-hydrogen) atoms. The smallest absolute Gasteiger partial charge is 0.305 e. The van der Waals surface area contributed by atoms with Gasteiger partial charge in [-0.2, -0.15) is 0 Å². The van der Waals surface area contributed by atoms with E-state index in [1.54, 1.807) is 0 Å². The van der Waals surface area contributed by atoms with E-state index in [-0.39, 0.29) is 30.9 Å². The molecule has 7 heteroatoms. The predicted molar refractivity (Wildman–Crippen MR) is 165 cm³/mol. The van der Waals surface area contributed by atoms with Gasteiger partial charge in [-0.3, -0.25) is 14.4 Å². The monoisotopic (exact) mass is 568 g/mol. The number of amides is 2. The number of aliphatic hydroxyl groups excluding tert-OH is 1. The van der Waals surface area contributed by atoms with Crippen molar-refractivity contribution in [3.63, 3.8) is 0 Å². The second-order valence-electron chi connectivity index (χ2n) is 11.4. The summed E-state index contributed by atoms with van der Waals surface area (Å²) in [7, 11) is 0. The number of esters is 1. The van der Waals surface area contributed by atoms with Crippen LogP contribution in [0.15, 0.2) is 0 Å². The number of carbonyl (C=O) groups excluding carboxylic acids is 3. The Hall–Kier alpha value is -1.63. The largest absolute Gasteiger partial charge is 0.466 e. The normalized spacial score (nSPS) is 11.8. The standard InChI is InChI=1S/C33H64N2O5/c1-3-5-6-7-8-9-10-11-12-13-16-19-22-26-33(39)40-27-23-20-17-14-15-18-21-25-32(38)35-29-30(36)28-34-31(37)24-4-2/h30,36H,3-29H2,1-2H3,(H,34,37)(H,35,38). The van der Waals surface area contributed by atoms with Crippen molar-refractivity contribution in [3.05, 3.63) is 0 Å². The van der Waals surface area contributed by atoms with Crippen LogP contribution < -0.4 is 10.6 Å². The van der Waals surface area contributed by atoms with E-state index in [0.717, 1.165) is 64.2 Å². The molecule has 0 fully saturated rings. The van der Waals surface area contributed by atoms with Crippen LogP contribution in [0.5, 0.6) is 0 Å². The number of hydrogen-bond donors (Lipinski definition) is 3. The molecule has 0 rings (SSSR count). The fourth-order valence-corrected chi connectivity index (χ4v) is 4.76. The molecule has 0 aliphatic rings. The molecule has 0 aliphatic carbocycles. The Labute approximate surface area is 246 Å². The SMILES string of the molecule is CCCCCCCCCCCCCCCC(=O)OCCCCCCCCCC(=O)NCC(O)CNC(=O)CCC. The van der Waals surface area contributed by atoms with Crippen molar-refractivity contribution in [1.29, 1.82) is 0 Å². The van der Waals surface area contributed by atoms with E-state index in [1.807, 2.05) is 6.92 Å². The first-order valence-electron chi connectivity index (χ1n) is 16.9. The van der Waals surface area contributed by atoms with Crippen molar-refractivity contribution >= 4 is 17.8 Å². The highest BCUT2D eigenvalue weighted by molar-refractivity contribution is 5.76. The van der Waals surface area contributed by atoms with Gasteiger partial charge < -0.3 is 20.5 Å². The summed E-state index contributed by atoms with van der Waals surface area (Å²) in [6, 6.07) is 0. The van der Waals surface area contributed by atoms with E-state index in [2.05, 4.69) is 17.6 Å². The molecule has 7 nitrogen and oxygen atoms in total. The van der Waals surface area contributed by atoms with Gasteiger partial charge in [0.1, 0.15) is 0 Å². The van der Waals surface area contributed by atoms with Crippen LogP contribution in [0.3, 0.4) is 0 Å². The summed E-state index contributed by atoms with van der Waals surface area (Å²) in [6.45, 7) is 5.05. The Morgan fingerprint density at radius 2 is 0.925 bits per heavy atom. The Morgan fingerprint density at radius 1 is 0.525 bits per heavy atom. The minimum absolute atomic E-state index is 0.0462. The highest BCUT2D eigenvalue weighted by Gasteiger charge is 2.09. The van der Waals surface area contributed by atoms with Crippen molar-refractivity contribution < 1.29 is 24.2 Å². The van der Waals surface area contributed by atoms with Gasteiger partial charge in [0, 0.05) is 32.4 Å². The lowest BCUT2D eigenvalue weighted by Gasteiger charge is -2.12. The van der Waals surface area contributed by atoms with Gasteiger partial charge in [0.05, 0.1) is 12.7 Å². The predicted octanol–water partition coefficient (Wildman–Crippen LogP) is 7.53. The molecule has 1 unspecified atom stereocenters. The molecule has 0 heterocycles. The van der Waals surface area contributed by atoms with Crippen molar-refractivity contribution in [3.8, 4) is 0 Å². The molecule has 0 radical (unpaired) electrons. The van der Waals surface area contributed by atoms with E-state index in [9.17, 15) is 19.5 Å². The molecule has 0 aliphatic heterocycles.